The van der Waals surface area contributed by atoms with Crippen LogP contribution in [0.4, 0.5) is 0 Å². The van der Waals surface area contributed by atoms with Gasteiger partial charge in [-0.05, 0) is 35.7 Å². The van der Waals surface area contributed by atoms with Gasteiger partial charge in [0.25, 0.3) is 0 Å². The first-order valence-corrected chi connectivity index (χ1v) is 14.9. The lowest BCUT2D eigenvalue weighted by molar-refractivity contribution is -0.0228. The van der Waals surface area contributed by atoms with Crippen molar-refractivity contribution in [3.63, 3.8) is 0 Å². The minimum Gasteiger partial charge on any atom is -0.375 e. The highest BCUT2D eigenvalue weighted by molar-refractivity contribution is 7.92. The Hall–Kier alpha value is -3.29. The predicted octanol–water partition coefficient (Wildman–Crippen LogP) is 5.82. The monoisotopic (exact) mass is 541 g/mol. The van der Waals surface area contributed by atoms with Crippen LogP contribution in [0.1, 0.15) is 22.3 Å². The first kappa shape index (κ1) is 27.3. The van der Waals surface area contributed by atoms with Gasteiger partial charge in [0.2, 0.25) is 0 Å². The summed E-state index contributed by atoms with van der Waals surface area (Å²) in [5, 5.41) is -0.724. The summed E-state index contributed by atoms with van der Waals surface area (Å²) >= 11 is 0. The number of sulfone groups is 1. The van der Waals surface area contributed by atoms with E-state index in [1.807, 2.05) is 97.9 Å². The summed E-state index contributed by atoms with van der Waals surface area (Å²) in [6, 6.07) is 37.0. The minimum absolute atomic E-state index is 0.233. The molecular formula is C33H35NO4S. The van der Waals surface area contributed by atoms with Crippen LogP contribution < -0.4 is 0 Å². The van der Waals surface area contributed by atoms with E-state index in [9.17, 15) is 8.42 Å². The summed E-state index contributed by atoms with van der Waals surface area (Å²) < 4.78 is 40.9. The molecule has 6 heteroatoms. The minimum atomic E-state index is -3.67. The Balaban J connectivity index is 1.45. The molecule has 5 nitrogen and oxygen atoms in total. The molecule has 0 saturated carbocycles. The number of likely N-dealkylation sites (tertiary alicyclic amines) is 1. The zero-order chi connectivity index (χ0) is 27.1. The van der Waals surface area contributed by atoms with E-state index in [0.717, 1.165) is 22.3 Å². The van der Waals surface area contributed by atoms with E-state index in [4.69, 9.17) is 9.47 Å². The molecule has 0 N–H and O–H groups in total. The van der Waals surface area contributed by atoms with Crippen LogP contribution in [0.2, 0.25) is 0 Å². The summed E-state index contributed by atoms with van der Waals surface area (Å²) in [6.45, 7) is 4.09. The highest BCUT2D eigenvalue weighted by atomic mass is 32.2. The van der Waals surface area contributed by atoms with Gasteiger partial charge in [0, 0.05) is 13.1 Å². The topological polar surface area (TPSA) is 55.8 Å². The van der Waals surface area contributed by atoms with Crippen molar-refractivity contribution in [1.82, 2.24) is 4.90 Å². The van der Waals surface area contributed by atoms with Gasteiger partial charge in [0.15, 0.2) is 9.84 Å². The molecule has 0 spiro atoms. The fourth-order valence-corrected chi connectivity index (χ4v) is 7.03. The molecular weight excluding hydrogens is 506 g/mol. The Morgan fingerprint density at radius 2 is 1.26 bits per heavy atom. The molecule has 0 amide bonds. The van der Waals surface area contributed by atoms with Crippen LogP contribution in [0.3, 0.4) is 0 Å². The van der Waals surface area contributed by atoms with Gasteiger partial charge in [-0.2, -0.15) is 0 Å². The van der Waals surface area contributed by atoms with E-state index >= 15 is 0 Å². The van der Waals surface area contributed by atoms with Crippen molar-refractivity contribution in [3.05, 3.63) is 138 Å². The van der Waals surface area contributed by atoms with Gasteiger partial charge in [-0.25, -0.2) is 8.42 Å². The first-order chi connectivity index (χ1) is 19.0. The maximum absolute atomic E-state index is 14.1. The van der Waals surface area contributed by atoms with Gasteiger partial charge in [-0.15, -0.1) is 0 Å². The molecule has 0 aromatic heterocycles. The van der Waals surface area contributed by atoms with Gasteiger partial charge in [0.05, 0.1) is 36.9 Å². The van der Waals surface area contributed by atoms with Crippen LogP contribution in [0.5, 0.6) is 0 Å². The van der Waals surface area contributed by atoms with E-state index in [1.165, 1.54) is 0 Å². The lowest BCUT2D eigenvalue weighted by atomic mass is 10.1. The average Bonchev–Trinajstić information content (AvgIpc) is 3.31. The summed E-state index contributed by atoms with van der Waals surface area (Å²) in [5.74, 6) is 0. The Bertz CT molecular complexity index is 1410. The SMILES string of the molecule is Cc1ccc(S(=O)(=O)[C@@H]2CN(Cc3ccccc3)[C@@H](COCc3ccccc3)[C@H]2OCc2ccccc2)cc1. The van der Waals surface area contributed by atoms with Gasteiger partial charge in [-0.3, -0.25) is 4.90 Å². The Kier molecular flexibility index (Phi) is 8.89. The maximum atomic E-state index is 14.1. The molecule has 3 atom stereocenters. The van der Waals surface area contributed by atoms with Gasteiger partial charge in [0.1, 0.15) is 5.25 Å². The number of hydrogen-bond donors (Lipinski definition) is 0. The largest absolute Gasteiger partial charge is 0.375 e. The average molecular weight is 542 g/mol. The molecule has 0 radical (unpaired) electrons. The molecule has 1 aliphatic heterocycles. The summed E-state index contributed by atoms with van der Waals surface area (Å²) in [7, 11) is -3.67. The van der Waals surface area contributed by atoms with Crippen molar-refractivity contribution in [2.75, 3.05) is 13.2 Å². The highest BCUT2D eigenvalue weighted by Crippen LogP contribution is 2.33. The number of nitrogens with zero attached hydrogens (tertiary/aromatic N) is 1. The highest BCUT2D eigenvalue weighted by Gasteiger charge is 2.49. The molecule has 0 aliphatic carbocycles. The summed E-state index contributed by atoms with van der Waals surface area (Å²) in [4.78, 5) is 2.55. The van der Waals surface area contributed by atoms with E-state index in [-0.39, 0.29) is 6.04 Å². The quantitative estimate of drug-likeness (QED) is 0.239. The molecule has 4 aromatic carbocycles. The molecule has 5 rings (SSSR count). The zero-order valence-electron chi connectivity index (χ0n) is 22.2. The number of benzene rings is 4. The van der Waals surface area contributed by atoms with Gasteiger partial charge < -0.3 is 9.47 Å². The van der Waals surface area contributed by atoms with Crippen LogP contribution in [0.15, 0.2) is 120 Å². The van der Waals surface area contributed by atoms with Crippen molar-refractivity contribution in [3.8, 4) is 0 Å². The third-order valence-corrected chi connectivity index (χ3v) is 9.43. The van der Waals surface area contributed by atoms with Crippen molar-refractivity contribution >= 4 is 9.84 Å². The first-order valence-electron chi connectivity index (χ1n) is 13.4. The second kappa shape index (κ2) is 12.7. The number of hydrogen-bond acceptors (Lipinski definition) is 5. The second-order valence-corrected chi connectivity index (χ2v) is 12.3. The molecule has 0 bridgehead atoms. The van der Waals surface area contributed by atoms with Crippen LogP contribution in [-0.4, -0.2) is 43.9 Å². The molecule has 1 saturated heterocycles. The standard InChI is InChI=1S/C33H35NO4S/c1-26-17-19-30(20-18-26)39(35,36)32-22-34(21-27-11-5-2-6-12-27)31(25-37-23-28-13-7-3-8-14-28)33(32)38-24-29-15-9-4-10-16-29/h2-20,31-33H,21-25H2,1H3/t31-,32+,33+/m0/s1. The van der Waals surface area contributed by atoms with Crippen LogP contribution in [-0.2, 0) is 39.1 Å². The fraction of sp³-hybridized carbons (Fsp3) is 0.273. The maximum Gasteiger partial charge on any atom is 0.185 e. The Labute approximate surface area is 231 Å². The summed E-state index contributed by atoms with van der Waals surface area (Å²) in [5.41, 5.74) is 4.24. The molecule has 202 valence electrons. The van der Waals surface area contributed by atoms with E-state index in [2.05, 4.69) is 17.0 Å². The second-order valence-electron chi connectivity index (χ2n) is 10.1. The van der Waals surface area contributed by atoms with Crippen LogP contribution >= 0.6 is 0 Å². The van der Waals surface area contributed by atoms with Crippen LogP contribution in [0.25, 0.3) is 0 Å². The molecule has 1 aliphatic rings. The van der Waals surface area contributed by atoms with Crippen molar-refractivity contribution in [2.45, 2.75) is 49.0 Å². The Morgan fingerprint density at radius 3 is 1.85 bits per heavy atom. The van der Waals surface area contributed by atoms with Crippen LogP contribution in [0, 0.1) is 6.92 Å². The predicted molar refractivity (Wildman–Crippen MR) is 154 cm³/mol. The van der Waals surface area contributed by atoms with E-state index in [1.54, 1.807) is 12.1 Å². The molecule has 4 aromatic rings. The van der Waals surface area contributed by atoms with E-state index < -0.39 is 21.2 Å². The van der Waals surface area contributed by atoms with E-state index in [0.29, 0.717) is 37.8 Å². The lowest BCUT2D eigenvalue weighted by Gasteiger charge is -2.29. The Morgan fingerprint density at radius 1 is 0.718 bits per heavy atom. The third-order valence-electron chi connectivity index (χ3n) is 7.29. The van der Waals surface area contributed by atoms with Crippen molar-refractivity contribution in [1.29, 1.82) is 0 Å². The molecule has 39 heavy (non-hydrogen) atoms. The molecule has 1 heterocycles. The summed E-state index contributed by atoms with van der Waals surface area (Å²) in [6.07, 6.45) is -0.559. The zero-order valence-corrected chi connectivity index (χ0v) is 23.0. The lowest BCUT2D eigenvalue weighted by Crippen LogP contribution is -2.42. The fourth-order valence-electron chi connectivity index (χ4n) is 5.16. The number of ether oxygens (including phenoxy) is 2. The molecule has 0 unspecified atom stereocenters. The third kappa shape index (κ3) is 6.84. The van der Waals surface area contributed by atoms with Gasteiger partial charge >= 0.3 is 0 Å². The van der Waals surface area contributed by atoms with Crippen molar-refractivity contribution < 1.29 is 17.9 Å². The molecule has 1 fully saturated rings. The number of aryl methyl sites for hydroxylation is 1. The smallest absolute Gasteiger partial charge is 0.185 e. The normalized spacial score (nSPS) is 19.8. The van der Waals surface area contributed by atoms with Gasteiger partial charge in [-0.1, -0.05) is 109 Å². The number of rotatable bonds is 11. The van der Waals surface area contributed by atoms with Crippen molar-refractivity contribution in [2.24, 2.45) is 0 Å².